The molecule has 0 unspecified atom stereocenters. The van der Waals surface area contributed by atoms with Gasteiger partial charge in [0.2, 0.25) is 0 Å². The molecule has 0 spiro atoms. The van der Waals surface area contributed by atoms with Crippen molar-refractivity contribution in [1.82, 2.24) is 0 Å². The zero-order valence-corrected chi connectivity index (χ0v) is 8.77. The van der Waals surface area contributed by atoms with E-state index in [0.717, 1.165) is 22.1 Å². The molecule has 0 aliphatic heterocycles. The van der Waals surface area contributed by atoms with Crippen LogP contribution in [-0.4, -0.2) is 0 Å². The van der Waals surface area contributed by atoms with E-state index < -0.39 is 0 Å². The summed E-state index contributed by atoms with van der Waals surface area (Å²) in [6.45, 7) is 0. The number of hydrogen-bond donors (Lipinski definition) is 2. The van der Waals surface area contributed by atoms with Gasteiger partial charge in [0.05, 0.1) is 0 Å². The smallest absolute Gasteiger partial charge is 0.0395 e. The minimum Gasteiger partial charge on any atom is -0.398 e. The summed E-state index contributed by atoms with van der Waals surface area (Å²) in [6.07, 6.45) is 0. The lowest BCUT2D eigenvalue weighted by Gasteiger charge is -2.07. The fourth-order valence-electron chi connectivity index (χ4n) is 2.08. The Kier molecular flexibility index (Phi) is 1.77. The second-order valence-electron chi connectivity index (χ2n) is 3.99. The van der Waals surface area contributed by atoms with Crippen LogP contribution in [0.15, 0.2) is 48.5 Å². The van der Waals surface area contributed by atoms with Crippen LogP contribution in [0.25, 0.3) is 21.5 Å². The van der Waals surface area contributed by atoms with Gasteiger partial charge in [-0.25, -0.2) is 0 Å². The van der Waals surface area contributed by atoms with Crippen molar-refractivity contribution in [3.8, 4) is 0 Å². The quantitative estimate of drug-likeness (QED) is 0.440. The third-order valence-corrected chi connectivity index (χ3v) is 2.95. The highest BCUT2D eigenvalue weighted by molar-refractivity contribution is 6.07. The van der Waals surface area contributed by atoms with Gasteiger partial charge >= 0.3 is 0 Å². The number of benzene rings is 3. The predicted octanol–water partition coefficient (Wildman–Crippen LogP) is 3.16. The Balaban J connectivity index is 2.56. The summed E-state index contributed by atoms with van der Waals surface area (Å²) in [5.74, 6) is 0. The molecule has 0 aliphatic rings. The molecule has 3 aromatic rings. The standard InChI is InChI=1S/C14H12N2/c15-13-5-6-14(16)12-8-10-4-2-1-3-9(10)7-11(12)13/h1-8H,15-16H2. The molecule has 0 amide bonds. The molecule has 78 valence electrons. The van der Waals surface area contributed by atoms with Crippen LogP contribution in [0.1, 0.15) is 0 Å². The Hall–Kier alpha value is -2.22. The number of rotatable bonds is 0. The minimum atomic E-state index is 0.773. The number of nitrogen functional groups attached to an aromatic ring is 2. The summed E-state index contributed by atoms with van der Waals surface area (Å²) < 4.78 is 0. The Morgan fingerprint density at radius 3 is 1.50 bits per heavy atom. The normalized spacial score (nSPS) is 11.0. The average molecular weight is 208 g/mol. The molecule has 0 saturated carbocycles. The number of anilines is 2. The van der Waals surface area contributed by atoms with Crippen LogP contribution >= 0.6 is 0 Å². The Morgan fingerprint density at radius 2 is 1.06 bits per heavy atom. The summed E-state index contributed by atoms with van der Waals surface area (Å²) in [5, 5.41) is 4.43. The molecule has 3 rings (SSSR count). The van der Waals surface area contributed by atoms with Crippen LogP contribution < -0.4 is 11.5 Å². The molecule has 0 heterocycles. The maximum Gasteiger partial charge on any atom is 0.0395 e. The van der Waals surface area contributed by atoms with E-state index in [1.54, 1.807) is 0 Å². The summed E-state index contributed by atoms with van der Waals surface area (Å²) in [4.78, 5) is 0. The highest BCUT2D eigenvalue weighted by Crippen LogP contribution is 2.30. The summed E-state index contributed by atoms with van der Waals surface area (Å²) >= 11 is 0. The van der Waals surface area contributed by atoms with Gasteiger partial charge < -0.3 is 11.5 Å². The molecule has 3 aromatic carbocycles. The van der Waals surface area contributed by atoms with E-state index >= 15 is 0 Å². The molecule has 0 bridgehead atoms. The van der Waals surface area contributed by atoms with Crippen LogP contribution in [0.3, 0.4) is 0 Å². The van der Waals surface area contributed by atoms with Crippen molar-refractivity contribution in [2.45, 2.75) is 0 Å². The predicted molar refractivity (Wildman–Crippen MR) is 70.3 cm³/mol. The van der Waals surface area contributed by atoms with Crippen molar-refractivity contribution in [3.63, 3.8) is 0 Å². The fraction of sp³-hybridized carbons (Fsp3) is 0. The van der Waals surface area contributed by atoms with Crippen molar-refractivity contribution in [1.29, 1.82) is 0 Å². The molecule has 2 heteroatoms. The second kappa shape index (κ2) is 3.14. The first-order valence-corrected chi connectivity index (χ1v) is 5.22. The van der Waals surface area contributed by atoms with E-state index in [4.69, 9.17) is 11.5 Å². The number of fused-ring (bicyclic) bond motifs is 2. The minimum absolute atomic E-state index is 0.773. The van der Waals surface area contributed by atoms with E-state index in [0.29, 0.717) is 0 Å². The van der Waals surface area contributed by atoms with Gasteiger partial charge in [-0.1, -0.05) is 24.3 Å². The first-order valence-electron chi connectivity index (χ1n) is 5.22. The van der Waals surface area contributed by atoms with Crippen LogP contribution in [-0.2, 0) is 0 Å². The lowest BCUT2D eigenvalue weighted by Crippen LogP contribution is -1.92. The van der Waals surface area contributed by atoms with Gasteiger partial charge in [-0.2, -0.15) is 0 Å². The van der Waals surface area contributed by atoms with Crippen molar-refractivity contribution in [3.05, 3.63) is 48.5 Å². The Morgan fingerprint density at radius 1 is 0.625 bits per heavy atom. The summed E-state index contributed by atoms with van der Waals surface area (Å²) in [7, 11) is 0. The van der Waals surface area contributed by atoms with Gasteiger partial charge in [0.1, 0.15) is 0 Å². The van der Waals surface area contributed by atoms with Gasteiger partial charge in [0.25, 0.3) is 0 Å². The summed E-state index contributed by atoms with van der Waals surface area (Å²) in [5.41, 5.74) is 13.5. The van der Waals surface area contributed by atoms with Gasteiger partial charge in [-0.15, -0.1) is 0 Å². The Bertz CT molecular complexity index is 627. The van der Waals surface area contributed by atoms with Crippen molar-refractivity contribution in [2.24, 2.45) is 0 Å². The van der Waals surface area contributed by atoms with Crippen molar-refractivity contribution < 1.29 is 0 Å². The monoisotopic (exact) mass is 208 g/mol. The van der Waals surface area contributed by atoms with E-state index in [1.807, 2.05) is 24.3 Å². The van der Waals surface area contributed by atoms with Crippen molar-refractivity contribution in [2.75, 3.05) is 11.5 Å². The summed E-state index contributed by atoms with van der Waals surface area (Å²) in [6, 6.07) is 16.1. The maximum atomic E-state index is 5.96. The molecular formula is C14H12N2. The molecule has 16 heavy (non-hydrogen) atoms. The van der Waals surface area contributed by atoms with Gasteiger partial charge in [-0.3, -0.25) is 0 Å². The highest BCUT2D eigenvalue weighted by Gasteiger charge is 2.03. The molecule has 0 saturated heterocycles. The molecular weight excluding hydrogens is 196 g/mol. The Labute approximate surface area is 93.5 Å². The second-order valence-corrected chi connectivity index (χ2v) is 3.99. The number of hydrogen-bond acceptors (Lipinski definition) is 2. The van der Waals surface area contributed by atoms with Crippen LogP contribution in [0, 0.1) is 0 Å². The lowest BCUT2D eigenvalue weighted by atomic mass is 10.0. The molecule has 0 atom stereocenters. The van der Waals surface area contributed by atoms with Crippen molar-refractivity contribution >= 4 is 32.9 Å². The molecule has 2 nitrogen and oxygen atoms in total. The topological polar surface area (TPSA) is 52.0 Å². The first-order chi connectivity index (χ1) is 7.75. The third-order valence-electron chi connectivity index (χ3n) is 2.95. The zero-order chi connectivity index (χ0) is 11.1. The van der Waals surface area contributed by atoms with E-state index in [2.05, 4.69) is 24.3 Å². The van der Waals surface area contributed by atoms with E-state index in [9.17, 15) is 0 Å². The van der Waals surface area contributed by atoms with Gasteiger partial charge in [0, 0.05) is 22.1 Å². The SMILES string of the molecule is Nc1ccc(N)c2cc3ccccc3cc12. The van der Waals surface area contributed by atoms with Crippen LogP contribution in [0.4, 0.5) is 11.4 Å². The average Bonchev–Trinajstić information content (AvgIpc) is 2.32. The van der Waals surface area contributed by atoms with E-state index in [-0.39, 0.29) is 0 Å². The molecule has 0 fully saturated rings. The van der Waals surface area contributed by atoms with Crippen LogP contribution in [0.2, 0.25) is 0 Å². The fourth-order valence-corrected chi connectivity index (χ4v) is 2.08. The largest absolute Gasteiger partial charge is 0.398 e. The van der Waals surface area contributed by atoms with Gasteiger partial charge in [0.15, 0.2) is 0 Å². The first kappa shape index (κ1) is 9.04. The van der Waals surface area contributed by atoms with Crippen LogP contribution in [0.5, 0.6) is 0 Å². The number of nitrogens with two attached hydrogens (primary N) is 2. The zero-order valence-electron chi connectivity index (χ0n) is 8.77. The maximum absolute atomic E-state index is 5.96. The molecule has 0 aliphatic carbocycles. The molecule has 0 aromatic heterocycles. The molecule has 0 radical (unpaired) electrons. The molecule has 4 N–H and O–H groups in total. The van der Waals surface area contributed by atoms with Gasteiger partial charge in [-0.05, 0) is 35.0 Å². The highest BCUT2D eigenvalue weighted by atomic mass is 14.6. The third kappa shape index (κ3) is 1.20. The lowest BCUT2D eigenvalue weighted by molar-refractivity contribution is 1.73. The van der Waals surface area contributed by atoms with E-state index in [1.165, 1.54) is 10.8 Å².